The van der Waals surface area contributed by atoms with Gasteiger partial charge in [0.25, 0.3) is 0 Å². The van der Waals surface area contributed by atoms with Gasteiger partial charge in [-0.1, -0.05) is 11.6 Å². The number of benzene rings is 1. The van der Waals surface area contributed by atoms with E-state index in [1.165, 1.54) is 0 Å². The highest BCUT2D eigenvalue weighted by atomic mass is 79.9. The third kappa shape index (κ3) is 3.29. The lowest BCUT2D eigenvalue weighted by Gasteiger charge is -2.13. The zero-order valence-electron chi connectivity index (χ0n) is 11.3. The molecule has 0 radical (unpaired) electrons. The molecule has 2 aromatic rings. The molecule has 1 heterocycles. The number of anilines is 4. The first-order valence-corrected chi connectivity index (χ1v) is 6.95. The number of nitrogens with zero attached hydrogens (tertiary/aromatic N) is 4. The van der Waals surface area contributed by atoms with Crippen molar-refractivity contribution < 1.29 is 0 Å². The van der Waals surface area contributed by atoms with Crippen molar-refractivity contribution in [1.82, 2.24) is 15.0 Å². The van der Waals surface area contributed by atoms with E-state index >= 15 is 0 Å². The van der Waals surface area contributed by atoms with E-state index < -0.39 is 0 Å². The average Bonchev–Trinajstić information content (AvgIpc) is 2.35. The van der Waals surface area contributed by atoms with Crippen LogP contribution in [0.1, 0.15) is 5.56 Å². The van der Waals surface area contributed by atoms with E-state index in [0.717, 1.165) is 15.7 Å². The standard InChI is InChI=1S/C12H14BrClN6/c1-6-4-7(13)9(5-8(6)14)16-11-17-10(15)18-12(19-11)20(2)3/h4-5H,1-3H3,(H3,15,16,17,18,19). The predicted octanol–water partition coefficient (Wildman–Crippen LogP) is 2.99. The first kappa shape index (κ1) is 14.8. The zero-order chi connectivity index (χ0) is 14.9. The molecule has 0 amide bonds. The van der Waals surface area contributed by atoms with Gasteiger partial charge in [0.05, 0.1) is 5.69 Å². The predicted molar refractivity (Wildman–Crippen MR) is 85.7 cm³/mol. The highest BCUT2D eigenvalue weighted by molar-refractivity contribution is 9.10. The Morgan fingerprint density at radius 1 is 1.25 bits per heavy atom. The summed E-state index contributed by atoms with van der Waals surface area (Å²) in [4.78, 5) is 14.1. The van der Waals surface area contributed by atoms with Gasteiger partial charge in [-0.25, -0.2) is 0 Å². The maximum Gasteiger partial charge on any atom is 0.233 e. The van der Waals surface area contributed by atoms with E-state index in [-0.39, 0.29) is 5.95 Å². The summed E-state index contributed by atoms with van der Waals surface area (Å²) < 4.78 is 0.866. The van der Waals surface area contributed by atoms with Crippen LogP contribution in [0.4, 0.5) is 23.5 Å². The van der Waals surface area contributed by atoms with Gasteiger partial charge in [-0.05, 0) is 40.5 Å². The highest BCUT2D eigenvalue weighted by Gasteiger charge is 2.09. The number of rotatable bonds is 3. The molecule has 0 saturated carbocycles. The maximum absolute atomic E-state index is 6.12. The fraction of sp³-hybridized carbons (Fsp3) is 0.250. The van der Waals surface area contributed by atoms with Crippen molar-refractivity contribution in [2.75, 3.05) is 30.0 Å². The quantitative estimate of drug-likeness (QED) is 0.879. The van der Waals surface area contributed by atoms with E-state index in [4.69, 9.17) is 17.3 Å². The third-order valence-corrected chi connectivity index (χ3v) is 3.60. The van der Waals surface area contributed by atoms with Gasteiger partial charge in [-0.2, -0.15) is 15.0 Å². The Hall–Kier alpha value is -1.60. The van der Waals surface area contributed by atoms with Crippen LogP contribution in [0, 0.1) is 6.92 Å². The number of halogens is 2. The smallest absolute Gasteiger partial charge is 0.233 e. The lowest BCUT2D eigenvalue weighted by atomic mass is 10.2. The Balaban J connectivity index is 2.37. The van der Waals surface area contributed by atoms with Crippen molar-refractivity contribution in [3.05, 3.63) is 27.2 Å². The molecule has 0 spiro atoms. The van der Waals surface area contributed by atoms with Crippen molar-refractivity contribution in [3.8, 4) is 0 Å². The van der Waals surface area contributed by atoms with Crippen LogP contribution in [-0.4, -0.2) is 29.0 Å². The molecule has 0 aliphatic carbocycles. The van der Waals surface area contributed by atoms with Gasteiger partial charge in [-0.3, -0.25) is 0 Å². The van der Waals surface area contributed by atoms with Gasteiger partial charge in [0.1, 0.15) is 0 Å². The first-order chi connectivity index (χ1) is 9.36. The fourth-order valence-electron chi connectivity index (χ4n) is 1.50. The van der Waals surface area contributed by atoms with Gasteiger partial charge in [0.15, 0.2) is 0 Å². The second-order valence-electron chi connectivity index (χ2n) is 4.42. The fourth-order valence-corrected chi connectivity index (χ4v) is 2.22. The molecule has 0 atom stereocenters. The maximum atomic E-state index is 6.12. The van der Waals surface area contributed by atoms with E-state index in [9.17, 15) is 0 Å². The summed E-state index contributed by atoms with van der Waals surface area (Å²) in [6.45, 7) is 1.93. The Morgan fingerprint density at radius 2 is 1.95 bits per heavy atom. The molecule has 20 heavy (non-hydrogen) atoms. The SMILES string of the molecule is Cc1cc(Br)c(Nc2nc(N)nc(N(C)C)n2)cc1Cl. The second-order valence-corrected chi connectivity index (χ2v) is 5.68. The molecule has 0 bridgehead atoms. The highest BCUT2D eigenvalue weighted by Crippen LogP contribution is 2.30. The minimum atomic E-state index is 0.153. The van der Waals surface area contributed by atoms with Crippen molar-refractivity contribution >= 4 is 51.1 Å². The van der Waals surface area contributed by atoms with E-state index in [1.54, 1.807) is 11.0 Å². The molecular weight excluding hydrogens is 344 g/mol. The Bertz CT molecular complexity index is 646. The zero-order valence-corrected chi connectivity index (χ0v) is 13.6. The third-order valence-electron chi connectivity index (χ3n) is 2.54. The molecule has 1 aromatic heterocycles. The Kier molecular flexibility index (Phi) is 4.29. The molecule has 0 aliphatic rings. The summed E-state index contributed by atoms with van der Waals surface area (Å²) >= 11 is 9.59. The van der Waals surface area contributed by atoms with Gasteiger partial charge in [0, 0.05) is 23.6 Å². The number of nitrogens with two attached hydrogens (primary N) is 1. The summed E-state index contributed by atoms with van der Waals surface area (Å²) in [5.41, 5.74) is 7.42. The van der Waals surface area contributed by atoms with Crippen molar-refractivity contribution in [2.45, 2.75) is 6.92 Å². The van der Waals surface area contributed by atoms with Crippen LogP contribution in [0.5, 0.6) is 0 Å². The first-order valence-electron chi connectivity index (χ1n) is 5.78. The monoisotopic (exact) mass is 356 g/mol. The summed E-state index contributed by atoms with van der Waals surface area (Å²) in [6.07, 6.45) is 0. The molecule has 106 valence electrons. The lowest BCUT2D eigenvalue weighted by Crippen LogP contribution is -2.15. The average molecular weight is 358 g/mol. The van der Waals surface area contributed by atoms with Crippen LogP contribution in [0.3, 0.4) is 0 Å². The molecule has 1 aromatic carbocycles. The van der Waals surface area contributed by atoms with Crippen LogP contribution in [0.25, 0.3) is 0 Å². The number of aryl methyl sites for hydroxylation is 1. The molecule has 0 aliphatic heterocycles. The number of hydrogen-bond donors (Lipinski definition) is 2. The van der Waals surface area contributed by atoms with Crippen LogP contribution >= 0.6 is 27.5 Å². The normalized spacial score (nSPS) is 10.4. The largest absolute Gasteiger partial charge is 0.368 e. The van der Waals surface area contributed by atoms with E-state index in [1.807, 2.05) is 27.1 Å². The topological polar surface area (TPSA) is 80.0 Å². The molecule has 3 N–H and O–H groups in total. The van der Waals surface area contributed by atoms with Gasteiger partial charge in [-0.15, -0.1) is 0 Å². The molecule has 8 heteroatoms. The summed E-state index contributed by atoms with van der Waals surface area (Å²) in [5, 5.41) is 3.73. The van der Waals surface area contributed by atoms with Gasteiger partial charge >= 0.3 is 0 Å². The minimum Gasteiger partial charge on any atom is -0.368 e. The minimum absolute atomic E-state index is 0.153. The van der Waals surface area contributed by atoms with Crippen molar-refractivity contribution in [1.29, 1.82) is 0 Å². The molecule has 0 fully saturated rings. The van der Waals surface area contributed by atoms with E-state index in [2.05, 4.69) is 36.2 Å². The van der Waals surface area contributed by atoms with Gasteiger partial charge < -0.3 is 16.0 Å². The molecule has 2 rings (SSSR count). The molecule has 6 nitrogen and oxygen atoms in total. The number of nitrogens with one attached hydrogen (secondary N) is 1. The molecule has 0 unspecified atom stereocenters. The lowest BCUT2D eigenvalue weighted by molar-refractivity contribution is 0.969. The van der Waals surface area contributed by atoms with Crippen LogP contribution < -0.4 is 16.0 Å². The van der Waals surface area contributed by atoms with Crippen molar-refractivity contribution in [2.24, 2.45) is 0 Å². The Labute approximate surface area is 130 Å². The summed E-state index contributed by atoms with van der Waals surface area (Å²) in [6, 6.07) is 3.72. The second kappa shape index (κ2) is 5.80. The Morgan fingerprint density at radius 3 is 2.60 bits per heavy atom. The van der Waals surface area contributed by atoms with Crippen LogP contribution in [0.2, 0.25) is 5.02 Å². The van der Waals surface area contributed by atoms with Crippen molar-refractivity contribution in [3.63, 3.8) is 0 Å². The number of aromatic nitrogens is 3. The summed E-state index contributed by atoms with van der Waals surface area (Å²) in [7, 11) is 3.66. The van der Waals surface area contributed by atoms with Crippen LogP contribution in [-0.2, 0) is 0 Å². The molecular formula is C12H14BrClN6. The summed E-state index contributed by atoms with van der Waals surface area (Å²) in [5.74, 6) is 0.997. The number of hydrogen-bond acceptors (Lipinski definition) is 6. The number of nitrogen functional groups attached to an aromatic ring is 1. The van der Waals surface area contributed by atoms with E-state index in [0.29, 0.717) is 16.9 Å². The van der Waals surface area contributed by atoms with Gasteiger partial charge in [0.2, 0.25) is 17.8 Å². The molecule has 0 saturated heterocycles. The van der Waals surface area contributed by atoms with Crippen LogP contribution in [0.15, 0.2) is 16.6 Å².